The van der Waals surface area contributed by atoms with Crippen LogP contribution >= 0.6 is 0 Å². The summed E-state index contributed by atoms with van der Waals surface area (Å²) in [4.78, 5) is 27.3. The largest absolute Gasteiger partial charge is 0.504 e. The summed E-state index contributed by atoms with van der Waals surface area (Å²) in [6, 6.07) is 15.2. The molecule has 2 aliphatic carbocycles. The number of benzene rings is 2. The smallest absolute Gasteiger partial charge is 0.337 e. The van der Waals surface area contributed by atoms with Crippen LogP contribution in [0.1, 0.15) is 75.3 Å². The molecule has 188 valence electrons. The maximum Gasteiger partial charge on any atom is 0.337 e. The SMILES string of the molecule is CCOc1cc([C@@H]2C(C(=O)OC3CCCC3)=C(C)NC3=C2C(=O)C[C@H](c2ccccc2)C3)ccc1O. The van der Waals surface area contributed by atoms with Crippen molar-refractivity contribution < 1.29 is 24.2 Å². The molecule has 2 aromatic rings. The number of ketones is 1. The van der Waals surface area contributed by atoms with Crippen molar-refractivity contribution in [2.24, 2.45) is 0 Å². The van der Waals surface area contributed by atoms with Crippen molar-refractivity contribution in [3.05, 3.63) is 82.2 Å². The third-order valence-electron chi connectivity index (χ3n) is 7.51. The number of carbonyl (C=O) groups is 2. The number of phenolic OH excluding ortho intramolecular Hbond substituents is 1. The van der Waals surface area contributed by atoms with Crippen LogP contribution in [0.15, 0.2) is 71.1 Å². The summed E-state index contributed by atoms with van der Waals surface area (Å²) in [6.07, 6.45) is 4.83. The van der Waals surface area contributed by atoms with E-state index >= 15 is 0 Å². The zero-order valence-corrected chi connectivity index (χ0v) is 20.9. The van der Waals surface area contributed by atoms with Gasteiger partial charge in [0.2, 0.25) is 0 Å². The third-order valence-corrected chi connectivity index (χ3v) is 7.51. The van der Waals surface area contributed by atoms with E-state index in [1.807, 2.05) is 32.0 Å². The molecular formula is C30H33NO5. The number of nitrogens with one attached hydrogen (secondary N) is 1. The van der Waals surface area contributed by atoms with E-state index in [1.165, 1.54) is 0 Å². The number of hydrogen-bond donors (Lipinski definition) is 2. The molecule has 36 heavy (non-hydrogen) atoms. The lowest BCUT2D eigenvalue weighted by Gasteiger charge is -2.37. The van der Waals surface area contributed by atoms with E-state index in [-0.39, 0.29) is 29.5 Å². The summed E-state index contributed by atoms with van der Waals surface area (Å²) in [5.74, 6) is -0.510. The lowest BCUT2D eigenvalue weighted by molar-refractivity contribution is -0.144. The lowest BCUT2D eigenvalue weighted by atomic mass is 9.71. The normalized spacial score (nSPS) is 22.3. The van der Waals surface area contributed by atoms with Gasteiger partial charge >= 0.3 is 5.97 Å². The number of aromatic hydroxyl groups is 1. The molecule has 5 rings (SSSR count). The van der Waals surface area contributed by atoms with E-state index in [0.717, 1.165) is 42.5 Å². The van der Waals surface area contributed by atoms with Crippen molar-refractivity contribution in [1.29, 1.82) is 0 Å². The predicted molar refractivity (Wildman–Crippen MR) is 137 cm³/mol. The highest BCUT2D eigenvalue weighted by molar-refractivity contribution is 6.04. The zero-order chi connectivity index (χ0) is 25.2. The van der Waals surface area contributed by atoms with Gasteiger partial charge in [-0.1, -0.05) is 36.4 Å². The molecule has 0 radical (unpaired) electrons. The average Bonchev–Trinajstić information content (AvgIpc) is 3.38. The van der Waals surface area contributed by atoms with E-state index in [1.54, 1.807) is 18.2 Å². The Bertz CT molecular complexity index is 1220. The maximum atomic E-state index is 13.7. The molecular weight excluding hydrogens is 454 g/mol. The molecule has 1 saturated carbocycles. The first kappa shape index (κ1) is 24.2. The summed E-state index contributed by atoms with van der Waals surface area (Å²) < 4.78 is 11.6. The molecule has 1 aliphatic heterocycles. The highest BCUT2D eigenvalue weighted by atomic mass is 16.5. The summed E-state index contributed by atoms with van der Waals surface area (Å²) in [6.45, 7) is 4.11. The summed E-state index contributed by atoms with van der Waals surface area (Å²) in [5.41, 5.74) is 4.49. The van der Waals surface area contributed by atoms with Crippen LogP contribution in [-0.2, 0) is 14.3 Å². The number of Topliss-reactive ketones (excluding diaryl/α,β-unsaturated/α-hetero) is 1. The number of rotatable bonds is 6. The summed E-state index contributed by atoms with van der Waals surface area (Å²) in [7, 11) is 0. The van der Waals surface area contributed by atoms with Crippen LogP contribution in [0, 0.1) is 0 Å². The molecule has 2 aromatic carbocycles. The van der Waals surface area contributed by atoms with E-state index in [4.69, 9.17) is 9.47 Å². The van der Waals surface area contributed by atoms with Gasteiger partial charge in [-0.3, -0.25) is 4.79 Å². The number of ether oxygens (including phenoxy) is 2. The first-order chi connectivity index (χ1) is 17.5. The second kappa shape index (κ2) is 10.2. The van der Waals surface area contributed by atoms with Gasteiger partial charge in [-0.15, -0.1) is 0 Å². The highest BCUT2D eigenvalue weighted by Crippen LogP contribution is 2.47. The van der Waals surface area contributed by atoms with E-state index in [9.17, 15) is 14.7 Å². The molecule has 3 aliphatic rings. The van der Waals surface area contributed by atoms with Gasteiger partial charge in [0.1, 0.15) is 6.10 Å². The molecule has 1 fully saturated rings. The maximum absolute atomic E-state index is 13.7. The highest BCUT2D eigenvalue weighted by Gasteiger charge is 2.42. The van der Waals surface area contributed by atoms with Crippen LogP contribution in [0.4, 0.5) is 0 Å². The number of phenols is 1. The average molecular weight is 488 g/mol. The Morgan fingerprint density at radius 2 is 1.81 bits per heavy atom. The topological polar surface area (TPSA) is 84.9 Å². The van der Waals surface area contributed by atoms with E-state index < -0.39 is 5.92 Å². The van der Waals surface area contributed by atoms with Gasteiger partial charge in [-0.25, -0.2) is 4.79 Å². The fraction of sp³-hybridized carbons (Fsp3) is 0.400. The van der Waals surface area contributed by atoms with Crippen LogP contribution in [0.25, 0.3) is 0 Å². The monoisotopic (exact) mass is 487 g/mol. The Hall–Kier alpha value is -3.54. The fourth-order valence-electron chi connectivity index (χ4n) is 5.81. The molecule has 0 amide bonds. The van der Waals surface area contributed by atoms with Crippen molar-refractivity contribution in [3.63, 3.8) is 0 Å². The molecule has 2 N–H and O–H groups in total. The molecule has 0 bridgehead atoms. The number of hydrogen-bond acceptors (Lipinski definition) is 6. The van der Waals surface area contributed by atoms with Crippen molar-refractivity contribution in [1.82, 2.24) is 5.32 Å². The van der Waals surface area contributed by atoms with Crippen molar-refractivity contribution in [3.8, 4) is 11.5 Å². The van der Waals surface area contributed by atoms with Gasteiger partial charge in [-0.2, -0.15) is 0 Å². The Kier molecular flexibility index (Phi) is 6.86. The Morgan fingerprint density at radius 3 is 2.53 bits per heavy atom. The molecule has 0 saturated heterocycles. The van der Waals surface area contributed by atoms with Crippen LogP contribution in [0.2, 0.25) is 0 Å². The van der Waals surface area contributed by atoms with Gasteiger partial charge in [0, 0.05) is 29.3 Å². The van der Waals surface area contributed by atoms with Crippen LogP contribution in [0.3, 0.4) is 0 Å². The Balaban J connectivity index is 1.57. The Labute approximate surface area is 212 Å². The second-order valence-corrected chi connectivity index (χ2v) is 9.90. The third kappa shape index (κ3) is 4.64. The van der Waals surface area contributed by atoms with Gasteiger partial charge in [0.25, 0.3) is 0 Å². The summed E-state index contributed by atoms with van der Waals surface area (Å²) in [5, 5.41) is 13.7. The molecule has 0 spiro atoms. The molecule has 6 heteroatoms. The van der Waals surface area contributed by atoms with Crippen molar-refractivity contribution >= 4 is 11.8 Å². The number of dihydropyridines is 1. The van der Waals surface area contributed by atoms with Crippen LogP contribution in [0.5, 0.6) is 11.5 Å². The molecule has 0 aromatic heterocycles. The minimum absolute atomic E-state index is 0.0207. The van der Waals surface area contributed by atoms with Gasteiger partial charge in [0.15, 0.2) is 17.3 Å². The minimum Gasteiger partial charge on any atom is -0.504 e. The van der Waals surface area contributed by atoms with Crippen molar-refractivity contribution in [2.75, 3.05) is 6.61 Å². The molecule has 1 heterocycles. The zero-order valence-electron chi connectivity index (χ0n) is 20.9. The van der Waals surface area contributed by atoms with Crippen LogP contribution < -0.4 is 10.1 Å². The van der Waals surface area contributed by atoms with E-state index in [2.05, 4.69) is 17.4 Å². The molecule has 0 unspecified atom stereocenters. The molecule has 6 nitrogen and oxygen atoms in total. The predicted octanol–water partition coefficient (Wildman–Crippen LogP) is 5.64. The minimum atomic E-state index is -0.584. The standard InChI is InChI=1S/C30H33NO5/c1-3-35-26-17-20(13-14-24(26)32)28-27(30(34)36-22-11-7-8-12-22)18(2)31-23-15-21(16-25(33)29(23)28)19-9-5-4-6-10-19/h4-6,9-10,13-14,17,21-22,28,31-32H,3,7-8,11-12,15-16H2,1-2H3/t21-,28-/m1/s1. The van der Waals surface area contributed by atoms with Crippen molar-refractivity contribution in [2.45, 2.75) is 70.3 Å². The number of esters is 1. The second-order valence-electron chi connectivity index (χ2n) is 9.90. The Morgan fingerprint density at radius 1 is 1.06 bits per heavy atom. The fourth-order valence-corrected chi connectivity index (χ4v) is 5.81. The first-order valence-electron chi connectivity index (χ1n) is 12.9. The van der Waals surface area contributed by atoms with Gasteiger partial charge in [-0.05, 0) is 75.1 Å². The van der Waals surface area contributed by atoms with Gasteiger partial charge < -0.3 is 19.9 Å². The number of allylic oxidation sites excluding steroid dienone is 3. The molecule has 2 atom stereocenters. The quantitative estimate of drug-likeness (QED) is 0.513. The van der Waals surface area contributed by atoms with E-state index in [0.29, 0.717) is 42.0 Å². The first-order valence-corrected chi connectivity index (χ1v) is 12.9. The number of carbonyl (C=O) groups excluding carboxylic acids is 2. The van der Waals surface area contributed by atoms with Gasteiger partial charge in [0.05, 0.1) is 12.2 Å². The van der Waals surface area contributed by atoms with Crippen LogP contribution in [-0.4, -0.2) is 29.6 Å². The summed E-state index contributed by atoms with van der Waals surface area (Å²) >= 11 is 0. The lowest BCUT2D eigenvalue weighted by Crippen LogP contribution is -2.36.